The maximum atomic E-state index is 9.08. The van der Waals surface area contributed by atoms with Crippen LogP contribution in [0.3, 0.4) is 0 Å². The minimum absolute atomic E-state index is 0.737. The first-order valence-electron chi connectivity index (χ1n) is 5.64. The lowest BCUT2D eigenvalue weighted by Gasteiger charge is -2.13. The maximum absolute atomic E-state index is 9.08. The molecule has 0 bridgehead atoms. The summed E-state index contributed by atoms with van der Waals surface area (Å²) in [7, 11) is 0. The normalized spacial score (nSPS) is 12.2. The van der Waals surface area contributed by atoms with E-state index < -0.39 is 0 Å². The molecular weight excluding hydrogens is 162 g/mol. The van der Waals surface area contributed by atoms with Crippen LogP contribution in [-0.4, -0.2) is 23.4 Å². The molecule has 1 N–H and O–H groups in total. The van der Waals surface area contributed by atoms with Crippen LogP contribution in [0.25, 0.3) is 0 Å². The van der Waals surface area contributed by atoms with Gasteiger partial charge in [0.05, 0.1) is 0 Å². The Hall–Kier alpha value is -0.0800. The first kappa shape index (κ1) is 15.4. The zero-order chi connectivity index (χ0) is 10.7. The van der Waals surface area contributed by atoms with Crippen LogP contribution in [-0.2, 0) is 0 Å². The van der Waals surface area contributed by atoms with E-state index in [0.29, 0.717) is 0 Å². The van der Waals surface area contributed by atoms with Crippen molar-refractivity contribution in [1.82, 2.24) is 5.06 Å². The van der Waals surface area contributed by atoms with Gasteiger partial charge in [0.25, 0.3) is 0 Å². The van der Waals surface area contributed by atoms with Gasteiger partial charge in [-0.1, -0.05) is 41.0 Å². The van der Waals surface area contributed by atoms with Gasteiger partial charge in [0.1, 0.15) is 0 Å². The summed E-state index contributed by atoms with van der Waals surface area (Å²) < 4.78 is 0. The summed E-state index contributed by atoms with van der Waals surface area (Å²) in [5, 5.41) is 10.5. The zero-order valence-corrected chi connectivity index (χ0v) is 10.0. The molecule has 1 unspecified atom stereocenters. The van der Waals surface area contributed by atoms with Crippen molar-refractivity contribution in [3.8, 4) is 0 Å². The predicted octanol–water partition coefficient (Wildman–Crippen LogP) is 3.55. The molecule has 0 aliphatic rings. The second-order valence-corrected chi connectivity index (χ2v) is 3.20. The molecule has 0 aromatic carbocycles. The largest absolute Gasteiger partial charge is 0.314 e. The van der Waals surface area contributed by atoms with Crippen molar-refractivity contribution in [2.45, 2.75) is 53.9 Å². The Morgan fingerprint density at radius 2 is 1.77 bits per heavy atom. The third-order valence-corrected chi connectivity index (χ3v) is 2.18. The van der Waals surface area contributed by atoms with Crippen LogP contribution in [0.4, 0.5) is 0 Å². The smallest absolute Gasteiger partial charge is 0.0238 e. The summed E-state index contributed by atoms with van der Waals surface area (Å²) in [6.45, 7) is 12.0. The lowest BCUT2D eigenvalue weighted by Crippen LogP contribution is -2.19. The highest BCUT2D eigenvalue weighted by molar-refractivity contribution is 4.51. The first-order valence-corrected chi connectivity index (χ1v) is 5.64. The SMILES string of the molecule is CC.CCC(C)CCCN(O)CC. The van der Waals surface area contributed by atoms with Crippen LogP contribution in [0.2, 0.25) is 0 Å². The molecule has 0 saturated carbocycles. The molecule has 13 heavy (non-hydrogen) atoms. The van der Waals surface area contributed by atoms with Crippen LogP contribution in [0.5, 0.6) is 0 Å². The lowest BCUT2D eigenvalue weighted by molar-refractivity contribution is -0.0874. The Labute approximate surface area is 83.9 Å². The molecule has 2 nitrogen and oxygen atoms in total. The van der Waals surface area contributed by atoms with Crippen molar-refractivity contribution in [2.75, 3.05) is 13.1 Å². The third-order valence-electron chi connectivity index (χ3n) is 2.18. The van der Waals surface area contributed by atoms with Crippen LogP contribution in [0, 0.1) is 5.92 Å². The van der Waals surface area contributed by atoms with Gasteiger partial charge in [0.15, 0.2) is 0 Å². The summed E-state index contributed by atoms with van der Waals surface area (Å²) in [5.41, 5.74) is 0. The molecule has 0 radical (unpaired) electrons. The van der Waals surface area contributed by atoms with Gasteiger partial charge in [-0.05, 0) is 18.8 Å². The molecule has 0 rings (SSSR count). The van der Waals surface area contributed by atoms with Crippen LogP contribution in [0.15, 0.2) is 0 Å². The van der Waals surface area contributed by atoms with Crippen LogP contribution < -0.4 is 0 Å². The van der Waals surface area contributed by atoms with Crippen molar-refractivity contribution >= 4 is 0 Å². The van der Waals surface area contributed by atoms with E-state index >= 15 is 0 Å². The zero-order valence-electron chi connectivity index (χ0n) is 10.0. The monoisotopic (exact) mass is 189 g/mol. The van der Waals surface area contributed by atoms with E-state index in [1.807, 2.05) is 20.8 Å². The van der Waals surface area contributed by atoms with E-state index in [1.54, 1.807) is 0 Å². The van der Waals surface area contributed by atoms with E-state index in [0.717, 1.165) is 25.4 Å². The van der Waals surface area contributed by atoms with Crippen molar-refractivity contribution in [3.05, 3.63) is 0 Å². The molecule has 0 aromatic rings. The van der Waals surface area contributed by atoms with Gasteiger partial charge in [-0.3, -0.25) is 0 Å². The summed E-state index contributed by atoms with van der Waals surface area (Å²) in [4.78, 5) is 0. The summed E-state index contributed by atoms with van der Waals surface area (Å²) in [6.07, 6.45) is 3.59. The molecule has 0 aliphatic heterocycles. The molecule has 0 fully saturated rings. The molecule has 0 saturated heterocycles. The molecule has 0 aromatic heterocycles. The maximum Gasteiger partial charge on any atom is 0.0238 e. The molecule has 0 amide bonds. The second kappa shape index (κ2) is 11.9. The molecule has 0 heterocycles. The minimum atomic E-state index is 0.737. The van der Waals surface area contributed by atoms with Gasteiger partial charge >= 0.3 is 0 Å². The Kier molecular flexibility index (Phi) is 14.1. The number of nitrogens with zero attached hydrogens (tertiary/aromatic N) is 1. The van der Waals surface area contributed by atoms with E-state index in [2.05, 4.69) is 13.8 Å². The molecular formula is C11H27NO. The van der Waals surface area contributed by atoms with E-state index in [9.17, 15) is 0 Å². The van der Waals surface area contributed by atoms with Crippen molar-refractivity contribution in [1.29, 1.82) is 0 Å². The number of hydrogen-bond donors (Lipinski definition) is 1. The second-order valence-electron chi connectivity index (χ2n) is 3.20. The number of rotatable bonds is 6. The molecule has 0 aliphatic carbocycles. The number of hydrogen-bond acceptors (Lipinski definition) is 2. The highest BCUT2D eigenvalue weighted by Gasteiger charge is 2.00. The summed E-state index contributed by atoms with van der Waals surface area (Å²) in [6, 6.07) is 0. The Balaban J connectivity index is 0. The average molecular weight is 189 g/mol. The molecule has 2 heteroatoms. The topological polar surface area (TPSA) is 23.5 Å². The summed E-state index contributed by atoms with van der Waals surface area (Å²) >= 11 is 0. The fraction of sp³-hybridized carbons (Fsp3) is 1.00. The van der Waals surface area contributed by atoms with E-state index in [4.69, 9.17) is 5.21 Å². The Morgan fingerprint density at radius 3 is 2.15 bits per heavy atom. The average Bonchev–Trinajstić information content (AvgIpc) is 2.20. The van der Waals surface area contributed by atoms with Gasteiger partial charge in [-0.25, -0.2) is 0 Å². The van der Waals surface area contributed by atoms with Crippen LogP contribution >= 0.6 is 0 Å². The lowest BCUT2D eigenvalue weighted by atomic mass is 10.0. The van der Waals surface area contributed by atoms with Gasteiger partial charge < -0.3 is 5.21 Å². The van der Waals surface area contributed by atoms with Gasteiger partial charge in [-0.15, -0.1) is 0 Å². The Morgan fingerprint density at radius 1 is 1.23 bits per heavy atom. The number of hydroxylamine groups is 2. The van der Waals surface area contributed by atoms with Gasteiger partial charge in [0, 0.05) is 13.1 Å². The van der Waals surface area contributed by atoms with E-state index in [1.165, 1.54) is 17.9 Å². The fourth-order valence-corrected chi connectivity index (χ4v) is 0.985. The van der Waals surface area contributed by atoms with Crippen LogP contribution in [0.1, 0.15) is 53.9 Å². The quantitative estimate of drug-likeness (QED) is 0.646. The fourth-order valence-electron chi connectivity index (χ4n) is 0.985. The highest BCUT2D eigenvalue weighted by atomic mass is 16.5. The molecule has 1 atom stereocenters. The molecule has 0 spiro atoms. The van der Waals surface area contributed by atoms with Gasteiger partial charge in [0.2, 0.25) is 0 Å². The first-order chi connectivity index (χ1) is 6.20. The van der Waals surface area contributed by atoms with Gasteiger partial charge in [-0.2, -0.15) is 5.06 Å². The van der Waals surface area contributed by atoms with Crippen molar-refractivity contribution in [2.24, 2.45) is 5.92 Å². The van der Waals surface area contributed by atoms with Crippen molar-refractivity contribution < 1.29 is 5.21 Å². The molecule has 82 valence electrons. The minimum Gasteiger partial charge on any atom is -0.314 e. The Bertz CT molecular complexity index is 76.2. The third kappa shape index (κ3) is 11.9. The highest BCUT2D eigenvalue weighted by Crippen LogP contribution is 2.08. The van der Waals surface area contributed by atoms with Crippen molar-refractivity contribution in [3.63, 3.8) is 0 Å². The predicted molar refractivity (Wildman–Crippen MR) is 59.1 cm³/mol. The van der Waals surface area contributed by atoms with E-state index in [-0.39, 0.29) is 0 Å². The standard InChI is InChI=1S/C9H21NO.C2H6/c1-4-9(3)7-6-8-10(11)5-2;1-2/h9,11H,4-8H2,1-3H3;1-2H3. The summed E-state index contributed by atoms with van der Waals surface area (Å²) in [5.74, 6) is 0.806.